The van der Waals surface area contributed by atoms with Crippen molar-refractivity contribution in [2.75, 3.05) is 11.9 Å². The van der Waals surface area contributed by atoms with Crippen LogP contribution in [-0.4, -0.2) is 22.4 Å². The molecule has 116 valence electrons. The molecule has 2 N–H and O–H groups in total. The van der Waals surface area contributed by atoms with Gasteiger partial charge in [-0.05, 0) is 55.5 Å². The molecule has 1 aliphatic rings. The summed E-state index contributed by atoms with van der Waals surface area (Å²) in [5.74, 6) is -0.325. The first kappa shape index (κ1) is 14.6. The second-order valence-electron chi connectivity index (χ2n) is 5.43. The zero-order valence-electron chi connectivity index (χ0n) is 12.3. The highest BCUT2D eigenvalue weighted by Gasteiger charge is 2.14. The molecule has 0 fully saturated rings. The molecule has 5 nitrogen and oxygen atoms in total. The minimum Gasteiger partial charge on any atom is -0.336 e. The molecule has 0 atom stereocenters. The summed E-state index contributed by atoms with van der Waals surface area (Å²) in [4.78, 5) is 11.8. The Bertz CT molecular complexity index is 651. The van der Waals surface area contributed by atoms with Crippen molar-refractivity contribution in [2.24, 2.45) is 0 Å². The van der Waals surface area contributed by atoms with Crippen molar-refractivity contribution >= 4 is 11.7 Å². The average molecular weight is 302 g/mol. The van der Waals surface area contributed by atoms with Gasteiger partial charge in [-0.2, -0.15) is 5.10 Å². The van der Waals surface area contributed by atoms with Gasteiger partial charge in [0.2, 0.25) is 0 Å². The second kappa shape index (κ2) is 6.60. The number of rotatable bonds is 4. The summed E-state index contributed by atoms with van der Waals surface area (Å²) in [6, 6.07) is 5.38. The van der Waals surface area contributed by atoms with Crippen LogP contribution in [0.3, 0.4) is 0 Å². The number of nitrogens with one attached hydrogen (secondary N) is 2. The summed E-state index contributed by atoms with van der Waals surface area (Å²) in [5.41, 5.74) is 3.20. The number of carbonyl (C=O) groups is 1. The van der Waals surface area contributed by atoms with Gasteiger partial charge in [-0.3, -0.25) is 4.68 Å². The number of amides is 2. The Morgan fingerprint density at radius 3 is 2.82 bits per heavy atom. The second-order valence-corrected chi connectivity index (χ2v) is 5.43. The van der Waals surface area contributed by atoms with Crippen molar-refractivity contribution in [3.63, 3.8) is 0 Å². The fourth-order valence-electron chi connectivity index (χ4n) is 2.73. The van der Waals surface area contributed by atoms with Crippen LogP contribution in [0, 0.1) is 5.82 Å². The summed E-state index contributed by atoms with van der Waals surface area (Å²) < 4.78 is 14.8. The first-order valence-corrected chi connectivity index (χ1v) is 7.56. The SMILES string of the molecule is O=C(NCCn1ncc2c1CCCC2)Nc1ccc(F)cc1. The summed E-state index contributed by atoms with van der Waals surface area (Å²) in [6.45, 7) is 1.16. The molecule has 0 aliphatic heterocycles. The number of aryl methyl sites for hydroxylation is 1. The van der Waals surface area contributed by atoms with Crippen LogP contribution in [0.15, 0.2) is 30.5 Å². The normalized spacial score (nSPS) is 13.5. The summed E-state index contributed by atoms with van der Waals surface area (Å²) in [7, 11) is 0. The van der Waals surface area contributed by atoms with Gasteiger partial charge in [0.05, 0.1) is 12.7 Å². The number of fused-ring (bicyclic) bond motifs is 1. The maximum absolute atomic E-state index is 12.8. The molecule has 0 radical (unpaired) electrons. The van der Waals surface area contributed by atoms with E-state index in [2.05, 4.69) is 15.7 Å². The molecule has 2 aromatic rings. The van der Waals surface area contributed by atoms with Gasteiger partial charge < -0.3 is 10.6 Å². The van der Waals surface area contributed by atoms with Crippen LogP contribution in [0.5, 0.6) is 0 Å². The average Bonchev–Trinajstić information content (AvgIpc) is 2.93. The number of halogens is 1. The van der Waals surface area contributed by atoms with E-state index in [1.54, 1.807) is 0 Å². The molecule has 6 heteroatoms. The molecule has 0 saturated carbocycles. The Morgan fingerprint density at radius 1 is 1.23 bits per heavy atom. The molecule has 1 aromatic carbocycles. The maximum Gasteiger partial charge on any atom is 0.319 e. The maximum atomic E-state index is 12.8. The van der Waals surface area contributed by atoms with E-state index in [9.17, 15) is 9.18 Å². The number of nitrogens with zero attached hydrogens (tertiary/aromatic N) is 2. The molecule has 0 bridgehead atoms. The minimum atomic E-state index is -0.325. The van der Waals surface area contributed by atoms with E-state index < -0.39 is 0 Å². The van der Waals surface area contributed by atoms with Crippen LogP contribution in [0.2, 0.25) is 0 Å². The number of hydrogen-bond donors (Lipinski definition) is 2. The lowest BCUT2D eigenvalue weighted by molar-refractivity contribution is 0.251. The van der Waals surface area contributed by atoms with Gasteiger partial charge in [0.1, 0.15) is 5.82 Å². The minimum absolute atomic E-state index is 0.298. The van der Waals surface area contributed by atoms with Crippen LogP contribution >= 0.6 is 0 Å². The van der Waals surface area contributed by atoms with E-state index in [0.717, 1.165) is 12.8 Å². The molecule has 22 heavy (non-hydrogen) atoms. The van der Waals surface area contributed by atoms with Crippen LogP contribution in [0.1, 0.15) is 24.1 Å². The van der Waals surface area contributed by atoms with E-state index in [0.29, 0.717) is 18.8 Å². The van der Waals surface area contributed by atoms with Gasteiger partial charge in [0, 0.05) is 17.9 Å². The van der Waals surface area contributed by atoms with E-state index in [4.69, 9.17) is 0 Å². The van der Waals surface area contributed by atoms with Gasteiger partial charge in [-0.1, -0.05) is 0 Å². The van der Waals surface area contributed by atoms with E-state index >= 15 is 0 Å². The van der Waals surface area contributed by atoms with Crippen molar-refractivity contribution < 1.29 is 9.18 Å². The highest BCUT2D eigenvalue weighted by atomic mass is 19.1. The summed E-state index contributed by atoms with van der Waals surface area (Å²) in [5, 5.41) is 9.84. The summed E-state index contributed by atoms with van der Waals surface area (Å²) in [6.07, 6.45) is 6.55. The van der Waals surface area contributed by atoms with Gasteiger partial charge in [0.25, 0.3) is 0 Å². The molecule has 3 rings (SSSR count). The quantitative estimate of drug-likeness (QED) is 0.912. The third-order valence-corrected chi connectivity index (χ3v) is 3.86. The molecule has 0 spiro atoms. The van der Waals surface area contributed by atoms with Crippen molar-refractivity contribution in [1.29, 1.82) is 0 Å². The van der Waals surface area contributed by atoms with Crippen LogP contribution < -0.4 is 10.6 Å². The number of aromatic nitrogens is 2. The van der Waals surface area contributed by atoms with Gasteiger partial charge >= 0.3 is 6.03 Å². The first-order chi connectivity index (χ1) is 10.7. The fraction of sp³-hybridized carbons (Fsp3) is 0.375. The molecule has 1 heterocycles. The Balaban J connectivity index is 1.47. The van der Waals surface area contributed by atoms with Crippen LogP contribution in [-0.2, 0) is 19.4 Å². The number of hydrogen-bond acceptors (Lipinski definition) is 2. The molecular weight excluding hydrogens is 283 g/mol. The molecule has 0 unspecified atom stereocenters. The number of carbonyl (C=O) groups excluding carboxylic acids is 1. The monoisotopic (exact) mass is 302 g/mol. The zero-order valence-corrected chi connectivity index (χ0v) is 12.3. The smallest absolute Gasteiger partial charge is 0.319 e. The number of benzene rings is 1. The Kier molecular flexibility index (Phi) is 4.37. The molecule has 0 saturated heterocycles. The van der Waals surface area contributed by atoms with Crippen LogP contribution in [0.4, 0.5) is 14.9 Å². The molecule has 1 aromatic heterocycles. The number of urea groups is 1. The van der Waals surface area contributed by atoms with Gasteiger partial charge in [0.15, 0.2) is 0 Å². The third-order valence-electron chi connectivity index (χ3n) is 3.86. The van der Waals surface area contributed by atoms with Crippen molar-refractivity contribution in [2.45, 2.75) is 32.2 Å². The van der Waals surface area contributed by atoms with Gasteiger partial charge in [-0.25, -0.2) is 9.18 Å². The zero-order chi connectivity index (χ0) is 15.4. The standard InChI is InChI=1S/C16H19FN4O/c17-13-5-7-14(8-6-13)20-16(22)18-9-10-21-15-4-2-1-3-12(15)11-19-21/h5-8,11H,1-4,9-10H2,(H2,18,20,22). The third kappa shape index (κ3) is 3.44. The lowest BCUT2D eigenvalue weighted by Gasteiger charge is -2.14. The highest BCUT2D eigenvalue weighted by Crippen LogP contribution is 2.20. The number of anilines is 1. The molecule has 2 amide bonds. The largest absolute Gasteiger partial charge is 0.336 e. The highest BCUT2D eigenvalue weighted by molar-refractivity contribution is 5.89. The van der Waals surface area contributed by atoms with Crippen LogP contribution in [0.25, 0.3) is 0 Å². The van der Waals surface area contributed by atoms with Crippen molar-refractivity contribution in [3.05, 3.63) is 47.5 Å². The van der Waals surface area contributed by atoms with Crippen molar-refractivity contribution in [1.82, 2.24) is 15.1 Å². The predicted octanol–water partition coefficient (Wildman–Crippen LogP) is 2.72. The topological polar surface area (TPSA) is 59.0 Å². The summed E-state index contributed by atoms with van der Waals surface area (Å²) >= 11 is 0. The Labute approximate surface area is 128 Å². The van der Waals surface area contributed by atoms with Crippen molar-refractivity contribution in [3.8, 4) is 0 Å². The van der Waals surface area contributed by atoms with E-state index in [1.807, 2.05) is 10.9 Å². The van der Waals surface area contributed by atoms with E-state index in [1.165, 1.54) is 48.4 Å². The Morgan fingerprint density at radius 2 is 2.00 bits per heavy atom. The lowest BCUT2D eigenvalue weighted by Crippen LogP contribution is -2.32. The predicted molar refractivity (Wildman–Crippen MR) is 82.3 cm³/mol. The Hall–Kier alpha value is -2.37. The molecule has 1 aliphatic carbocycles. The molecular formula is C16H19FN4O. The van der Waals surface area contributed by atoms with Gasteiger partial charge in [-0.15, -0.1) is 0 Å². The first-order valence-electron chi connectivity index (χ1n) is 7.56. The fourth-order valence-corrected chi connectivity index (χ4v) is 2.73. The van der Waals surface area contributed by atoms with E-state index in [-0.39, 0.29) is 11.8 Å². The lowest BCUT2D eigenvalue weighted by atomic mass is 9.98.